The van der Waals surface area contributed by atoms with Gasteiger partial charge in [0.2, 0.25) is 5.91 Å². The van der Waals surface area contributed by atoms with Gasteiger partial charge in [-0.15, -0.1) is 0 Å². The summed E-state index contributed by atoms with van der Waals surface area (Å²) in [4.78, 5) is 39.0. The molecule has 0 aromatic heterocycles. The van der Waals surface area contributed by atoms with E-state index in [0.29, 0.717) is 41.1 Å². The Morgan fingerprint density at radius 2 is 1.84 bits per heavy atom. The lowest BCUT2D eigenvalue weighted by molar-refractivity contribution is -0.122. The molecule has 0 spiro atoms. The monoisotopic (exact) mass is 646 g/mol. The van der Waals surface area contributed by atoms with Gasteiger partial charge in [0.15, 0.2) is 5.17 Å². The number of hydrogen-bond acceptors (Lipinski definition) is 10. The zero-order valence-corrected chi connectivity index (χ0v) is 27.8. The number of carbonyl (C=O) groups is 2. The van der Waals surface area contributed by atoms with E-state index in [9.17, 15) is 9.59 Å². The Morgan fingerprint density at radius 1 is 1.04 bits per heavy atom. The summed E-state index contributed by atoms with van der Waals surface area (Å²) in [6.07, 6.45) is 0. The fraction of sp³-hybridized carbons (Fsp3) is 0.303. The maximum Gasteiger partial charge on any atom is 0.269 e. The number of aliphatic imine (C=N–C) groups is 1. The van der Waals surface area contributed by atoms with Crippen LogP contribution in [0.3, 0.4) is 0 Å². The summed E-state index contributed by atoms with van der Waals surface area (Å²) in [5, 5.41) is 7.60. The summed E-state index contributed by atoms with van der Waals surface area (Å²) in [5.74, 6) is 0.422. The molecule has 0 bridgehead atoms. The second-order valence-corrected chi connectivity index (χ2v) is 12.7. The number of nitrogens with one attached hydrogen (secondary N) is 2. The standard InChI is InChI=1S/C33H38N6O4S2/c1-6-34-25-14-12-23(35-29(40)21-42-5)18-26(25)36-33-39(20-22-10-8-7-9-11-22)31(41)30(45-33)32-38(4)27-19-24(13-15-28(27)44-32)43-17-16-37(2)3/h7-15,18-19,34H,6,16-17,20-21H2,1-5H3,(H,35,40)/b32-30-,36-33+. The van der Waals surface area contributed by atoms with Crippen molar-refractivity contribution < 1.29 is 19.1 Å². The van der Waals surface area contributed by atoms with Gasteiger partial charge in [-0.25, -0.2) is 4.99 Å². The molecular weight excluding hydrogens is 609 g/mol. The molecule has 2 heterocycles. The highest BCUT2D eigenvalue weighted by atomic mass is 32.2. The molecule has 236 valence electrons. The van der Waals surface area contributed by atoms with Gasteiger partial charge in [0.05, 0.1) is 28.6 Å². The van der Waals surface area contributed by atoms with Gasteiger partial charge in [0.1, 0.15) is 23.9 Å². The van der Waals surface area contributed by atoms with Crippen molar-refractivity contribution in [2.75, 3.05) is 70.1 Å². The van der Waals surface area contributed by atoms with Gasteiger partial charge in [0.25, 0.3) is 5.91 Å². The van der Waals surface area contributed by atoms with Crippen molar-refractivity contribution in [3.8, 4) is 5.75 Å². The van der Waals surface area contributed by atoms with Crippen molar-refractivity contribution in [2.24, 2.45) is 4.99 Å². The largest absolute Gasteiger partial charge is 0.492 e. The molecule has 0 radical (unpaired) electrons. The Balaban J connectivity index is 1.50. The number of amidine groups is 1. The fourth-order valence-corrected chi connectivity index (χ4v) is 7.07. The van der Waals surface area contributed by atoms with Crippen molar-refractivity contribution in [2.45, 2.75) is 18.4 Å². The van der Waals surface area contributed by atoms with Crippen LogP contribution >= 0.6 is 23.5 Å². The molecule has 3 aromatic carbocycles. The lowest BCUT2D eigenvalue weighted by atomic mass is 10.2. The number of anilines is 3. The first kappa shape index (κ1) is 32.4. The fourth-order valence-electron chi connectivity index (χ4n) is 4.76. The normalized spacial score (nSPS) is 16.9. The van der Waals surface area contributed by atoms with Gasteiger partial charge >= 0.3 is 0 Å². The Labute approximate surface area is 272 Å². The second kappa shape index (κ2) is 14.9. The maximum absolute atomic E-state index is 14.2. The summed E-state index contributed by atoms with van der Waals surface area (Å²) >= 11 is 2.93. The molecule has 12 heteroatoms. The number of rotatable bonds is 12. The van der Waals surface area contributed by atoms with Crippen LogP contribution in [0, 0.1) is 0 Å². The number of thioether (sulfide) groups is 2. The van der Waals surface area contributed by atoms with Crippen molar-refractivity contribution >= 4 is 63.3 Å². The first-order chi connectivity index (χ1) is 21.8. The third-order valence-electron chi connectivity index (χ3n) is 6.99. The lowest BCUT2D eigenvalue weighted by Gasteiger charge is -2.18. The molecule has 1 saturated heterocycles. The molecule has 0 aliphatic carbocycles. The van der Waals surface area contributed by atoms with Gasteiger partial charge in [-0.3, -0.25) is 14.5 Å². The average molecular weight is 647 g/mol. The zero-order chi connectivity index (χ0) is 31.9. The van der Waals surface area contributed by atoms with Gasteiger partial charge in [-0.2, -0.15) is 0 Å². The molecule has 0 unspecified atom stereocenters. The van der Waals surface area contributed by atoms with Gasteiger partial charge in [-0.05, 0) is 68.7 Å². The number of ether oxygens (including phenoxy) is 2. The number of carbonyl (C=O) groups excluding carboxylic acids is 2. The molecule has 2 amide bonds. The van der Waals surface area contributed by atoms with Crippen LogP contribution in [0.5, 0.6) is 5.75 Å². The maximum atomic E-state index is 14.2. The third kappa shape index (κ3) is 7.82. The van der Waals surface area contributed by atoms with Crippen LogP contribution in [0.1, 0.15) is 12.5 Å². The number of nitrogens with zero attached hydrogens (tertiary/aromatic N) is 4. The Morgan fingerprint density at radius 3 is 2.58 bits per heavy atom. The van der Waals surface area contributed by atoms with Crippen LogP contribution in [0.15, 0.2) is 86.6 Å². The molecule has 0 saturated carbocycles. The smallest absolute Gasteiger partial charge is 0.269 e. The SMILES string of the molecule is CCNc1ccc(NC(=O)COC)cc1/N=C1/S/C(=C2\Sc3ccc(OCCN(C)C)cc3N2C)C(=O)N1Cc1ccccc1. The first-order valence-corrected chi connectivity index (χ1v) is 16.3. The molecular formula is C33H38N6O4S2. The number of amides is 2. The predicted molar refractivity (Wildman–Crippen MR) is 185 cm³/mol. The van der Waals surface area contributed by atoms with Gasteiger partial charge in [-0.1, -0.05) is 42.1 Å². The van der Waals surface area contributed by atoms with Crippen molar-refractivity contribution in [1.82, 2.24) is 9.80 Å². The summed E-state index contributed by atoms with van der Waals surface area (Å²) in [6, 6.07) is 21.4. The minimum Gasteiger partial charge on any atom is -0.492 e. The Bertz CT molecular complexity index is 1610. The van der Waals surface area contributed by atoms with Crippen molar-refractivity contribution in [1.29, 1.82) is 0 Å². The minimum atomic E-state index is -0.262. The molecule has 10 nitrogen and oxygen atoms in total. The van der Waals surface area contributed by atoms with Crippen LogP contribution < -0.4 is 20.3 Å². The van der Waals surface area contributed by atoms with E-state index in [1.807, 2.05) is 88.7 Å². The number of hydrogen-bond donors (Lipinski definition) is 2. The van der Waals surface area contributed by atoms with Crippen molar-refractivity contribution in [3.63, 3.8) is 0 Å². The number of likely N-dealkylation sites (N-methyl/N-ethyl adjacent to an activating group) is 1. The average Bonchev–Trinajstić information content (AvgIpc) is 3.50. The molecule has 0 atom stereocenters. The van der Waals surface area contributed by atoms with E-state index in [-0.39, 0.29) is 18.4 Å². The molecule has 1 fully saturated rings. The number of methoxy groups -OCH3 is 1. The number of benzene rings is 3. The van der Waals surface area contributed by atoms with Crippen LogP contribution in [0.2, 0.25) is 0 Å². The predicted octanol–water partition coefficient (Wildman–Crippen LogP) is 5.82. The molecule has 5 rings (SSSR count). The molecule has 2 N–H and O–H groups in total. The highest BCUT2D eigenvalue weighted by molar-refractivity contribution is 8.19. The zero-order valence-electron chi connectivity index (χ0n) is 26.1. The van der Waals surface area contributed by atoms with E-state index >= 15 is 0 Å². The van der Waals surface area contributed by atoms with Crippen LogP contribution in [0.25, 0.3) is 0 Å². The summed E-state index contributed by atoms with van der Waals surface area (Å²) in [7, 11) is 7.49. The second-order valence-electron chi connectivity index (χ2n) is 10.7. The van der Waals surface area contributed by atoms with E-state index in [1.165, 1.54) is 18.9 Å². The van der Waals surface area contributed by atoms with E-state index < -0.39 is 0 Å². The van der Waals surface area contributed by atoms with Gasteiger partial charge < -0.3 is 29.9 Å². The van der Waals surface area contributed by atoms with E-state index in [2.05, 4.69) is 20.4 Å². The topological polar surface area (TPSA) is 98.7 Å². The molecule has 45 heavy (non-hydrogen) atoms. The summed E-state index contributed by atoms with van der Waals surface area (Å²) in [5.41, 5.74) is 3.98. The van der Waals surface area contributed by atoms with Crippen molar-refractivity contribution in [3.05, 3.63) is 82.2 Å². The van der Waals surface area contributed by atoms with E-state index in [1.54, 1.807) is 22.7 Å². The third-order valence-corrected chi connectivity index (χ3v) is 9.42. The molecule has 2 aliphatic rings. The highest BCUT2D eigenvalue weighted by Gasteiger charge is 2.39. The Hall–Kier alpha value is -3.97. The number of fused-ring (bicyclic) bond motifs is 1. The minimum absolute atomic E-state index is 0.0533. The van der Waals surface area contributed by atoms with E-state index in [0.717, 1.165) is 39.2 Å². The van der Waals surface area contributed by atoms with E-state index in [4.69, 9.17) is 14.5 Å². The van der Waals surface area contributed by atoms with Crippen LogP contribution in [-0.2, 0) is 20.9 Å². The first-order valence-electron chi connectivity index (χ1n) is 14.6. The highest BCUT2D eigenvalue weighted by Crippen LogP contribution is 2.51. The quantitative estimate of drug-likeness (QED) is 0.236. The molecule has 3 aromatic rings. The van der Waals surface area contributed by atoms with Crippen LogP contribution in [0.4, 0.5) is 22.7 Å². The van der Waals surface area contributed by atoms with Gasteiger partial charge in [0, 0.05) is 43.9 Å². The molecule has 2 aliphatic heterocycles. The van der Waals surface area contributed by atoms with Crippen LogP contribution in [-0.4, -0.2) is 81.3 Å². The lowest BCUT2D eigenvalue weighted by Crippen LogP contribution is -2.29. The summed E-state index contributed by atoms with van der Waals surface area (Å²) < 4.78 is 10.9. The Kier molecular flexibility index (Phi) is 10.7. The summed E-state index contributed by atoms with van der Waals surface area (Å²) in [6.45, 7) is 4.41.